The maximum Gasteiger partial charge on any atom is 0.0120 e. The molecule has 0 amide bonds. The summed E-state index contributed by atoms with van der Waals surface area (Å²) >= 11 is 0. The molecule has 3 heteroatoms. The maximum atomic E-state index is 3.68. The van der Waals surface area contributed by atoms with Gasteiger partial charge in [0.05, 0.1) is 0 Å². The van der Waals surface area contributed by atoms with Crippen molar-refractivity contribution in [2.24, 2.45) is 0 Å². The third-order valence-corrected chi connectivity index (χ3v) is 4.70. The van der Waals surface area contributed by atoms with Crippen molar-refractivity contribution in [2.45, 2.75) is 58.0 Å². The van der Waals surface area contributed by atoms with Gasteiger partial charge in [0.25, 0.3) is 0 Å². The topological polar surface area (TPSA) is 18.5 Å². The lowest BCUT2D eigenvalue weighted by atomic mass is 10.0. The number of nitrogens with zero attached hydrogens (tertiary/aromatic N) is 2. The van der Waals surface area contributed by atoms with Crippen LogP contribution < -0.4 is 5.32 Å². The van der Waals surface area contributed by atoms with E-state index in [0.717, 1.165) is 12.1 Å². The molecule has 2 fully saturated rings. The average molecular weight is 253 g/mol. The lowest BCUT2D eigenvalue weighted by Gasteiger charge is -2.38. The molecule has 0 saturated carbocycles. The second-order valence-electron chi connectivity index (χ2n) is 5.96. The van der Waals surface area contributed by atoms with E-state index in [9.17, 15) is 0 Å². The van der Waals surface area contributed by atoms with Gasteiger partial charge in [-0.15, -0.1) is 0 Å². The van der Waals surface area contributed by atoms with Crippen LogP contribution in [0.25, 0.3) is 0 Å². The molecule has 0 bridgehead atoms. The van der Waals surface area contributed by atoms with Crippen LogP contribution in [0.1, 0.15) is 46.0 Å². The summed E-state index contributed by atoms with van der Waals surface area (Å²) < 4.78 is 0. The molecule has 2 rings (SSSR count). The first-order valence-corrected chi connectivity index (χ1v) is 8.03. The number of likely N-dealkylation sites (tertiary alicyclic amines) is 1. The molecule has 2 heterocycles. The van der Waals surface area contributed by atoms with E-state index in [1.807, 2.05) is 0 Å². The number of piperidine rings is 1. The van der Waals surface area contributed by atoms with Crippen LogP contribution in [0.4, 0.5) is 0 Å². The van der Waals surface area contributed by atoms with Gasteiger partial charge in [0.2, 0.25) is 0 Å². The fourth-order valence-corrected chi connectivity index (χ4v) is 3.49. The van der Waals surface area contributed by atoms with Crippen LogP contribution in [0, 0.1) is 0 Å². The quantitative estimate of drug-likeness (QED) is 0.826. The summed E-state index contributed by atoms with van der Waals surface area (Å²) in [5.41, 5.74) is 0. The smallest absolute Gasteiger partial charge is 0.0120 e. The molecule has 2 saturated heterocycles. The molecule has 0 aromatic carbocycles. The molecule has 1 unspecified atom stereocenters. The molecule has 0 spiro atoms. The van der Waals surface area contributed by atoms with Crippen LogP contribution in [0.3, 0.4) is 0 Å². The number of hydrogen-bond donors (Lipinski definition) is 1. The fraction of sp³-hybridized carbons (Fsp3) is 1.00. The van der Waals surface area contributed by atoms with Crippen LogP contribution in [0.15, 0.2) is 0 Å². The molecule has 0 aromatic rings. The Morgan fingerprint density at radius 3 is 2.44 bits per heavy atom. The van der Waals surface area contributed by atoms with E-state index in [2.05, 4.69) is 29.0 Å². The fourth-order valence-electron chi connectivity index (χ4n) is 3.49. The van der Waals surface area contributed by atoms with Gasteiger partial charge in [-0.2, -0.15) is 0 Å². The Bertz CT molecular complexity index is 224. The molecule has 2 aliphatic rings. The van der Waals surface area contributed by atoms with E-state index >= 15 is 0 Å². The highest BCUT2D eigenvalue weighted by atomic mass is 15.2. The van der Waals surface area contributed by atoms with Gasteiger partial charge in [-0.1, -0.05) is 13.8 Å². The minimum atomic E-state index is 0.759. The molecule has 3 nitrogen and oxygen atoms in total. The van der Waals surface area contributed by atoms with Crippen molar-refractivity contribution in [1.82, 2.24) is 15.1 Å². The molecule has 0 aromatic heterocycles. The number of nitrogens with one attached hydrogen (secondary N) is 1. The SMILES string of the molecule is CCCN1CCC(N2CCNC(CC)CC2)CC1. The van der Waals surface area contributed by atoms with Crippen molar-refractivity contribution in [3.05, 3.63) is 0 Å². The first-order valence-electron chi connectivity index (χ1n) is 8.03. The van der Waals surface area contributed by atoms with Crippen molar-refractivity contribution in [2.75, 3.05) is 39.3 Å². The molecule has 0 radical (unpaired) electrons. The van der Waals surface area contributed by atoms with Gasteiger partial charge >= 0.3 is 0 Å². The van der Waals surface area contributed by atoms with Gasteiger partial charge in [0, 0.05) is 25.2 Å². The van der Waals surface area contributed by atoms with Gasteiger partial charge in [-0.25, -0.2) is 0 Å². The summed E-state index contributed by atoms with van der Waals surface area (Å²) in [6.07, 6.45) is 6.69. The van der Waals surface area contributed by atoms with Crippen molar-refractivity contribution in [3.63, 3.8) is 0 Å². The zero-order chi connectivity index (χ0) is 12.8. The highest BCUT2D eigenvalue weighted by Crippen LogP contribution is 2.18. The zero-order valence-corrected chi connectivity index (χ0v) is 12.3. The number of hydrogen-bond acceptors (Lipinski definition) is 3. The van der Waals surface area contributed by atoms with E-state index in [1.165, 1.54) is 71.4 Å². The zero-order valence-electron chi connectivity index (χ0n) is 12.3. The highest BCUT2D eigenvalue weighted by molar-refractivity contribution is 4.83. The second-order valence-corrected chi connectivity index (χ2v) is 5.96. The predicted octanol–water partition coefficient (Wildman–Crippen LogP) is 1.93. The Balaban J connectivity index is 1.75. The van der Waals surface area contributed by atoms with Gasteiger partial charge in [-0.05, 0) is 58.3 Å². The van der Waals surface area contributed by atoms with E-state index in [4.69, 9.17) is 0 Å². The Kier molecular flexibility index (Phi) is 5.93. The van der Waals surface area contributed by atoms with E-state index in [-0.39, 0.29) is 0 Å². The molecular weight excluding hydrogens is 222 g/mol. The highest BCUT2D eigenvalue weighted by Gasteiger charge is 2.25. The van der Waals surface area contributed by atoms with Crippen molar-refractivity contribution in [1.29, 1.82) is 0 Å². The van der Waals surface area contributed by atoms with Crippen LogP contribution in [0.5, 0.6) is 0 Å². The first-order chi connectivity index (χ1) is 8.83. The average Bonchev–Trinajstić information content (AvgIpc) is 2.65. The lowest BCUT2D eigenvalue weighted by Crippen LogP contribution is -2.46. The van der Waals surface area contributed by atoms with Crippen molar-refractivity contribution < 1.29 is 0 Å². The van der Waals surface area contributed by atoms with Gasteiger partial charge in [0.1, 0.15) is 0 Å². The molecular formula is C15H31N3. The molecule has 0 aliphatic carbocycles. The van der Waals surface area contributed by atoms with Crippen LogP contribution in [-0.2, 0) is 0 Å². The number of rotatable bonds is 4. The van der Waals surface area contributed by atoms with Gasteiger partial charge in [0.15, 0.2) is 0 Å². The van der Waals surface area contributed by atoms with E-state index in [1.54, 1.807) is 0 Å². The Labute approximate surface area is 113 Å². The minimum absolute atomic E-state index is 0.759. The summed E-state index contributed by atoms with van der Waals surface area (Å²) in [6, 6.07) is 1.62. The van der Waals surface area contributed by atoms with Crippen molar-refractivity contribution in [3.8, 4) is 0 Å². The van der Waals surface area contributed by atoms with Crippen LogP contribution >= 0.6 is 0 Å². The Morgan fingerprint density at radius 1 is 1.00 bits per heavy atom. The van der Waals surface area contributed by atoms with E-state index < -0.39 is 0 Å². The van der Waals surface area contributed by atoms with E-state index in [0.29, 0.717) is 0 Å². The van der Waals surface area contributed by atoms with Gasteiger partial charge < -0.3 is 10.2 Å². The predicted molar refractivity (Wildman–Crippen MR) is 78.0 cm³/mol. The Morgan fingerprint density at radius 2 is 1.78 bits per heavy atom. The standard InChI is InChI=1S/C15H31N3/c1-3-9-17-10-6-15(7-11-17)18-12-5-14(4-2)16-8-13-18/h14-16H,3-13H2,1-2H3. The van der Waals surface area contributed by atoms with Gasteiger partial charge in [-0.3, -0.25) is 4.90 Å². The summed E-state index contributed by atoms with van der Waals surface area (Å²) in [5.74, 6) is 0. The third-order valence-electron chi connectivity index (χ3n) is 4.70. The second kappa shape index (κ2) is 7.46. The minimum Gasteiger partial charge on any atom is -0.313 e. The van der Waals surface area contributed by atoms with Crippen LogP contribution in [-0.4, -0.2) is 61.2 Å². The molecule has 1 atom stereocenters. The monoisotopic (exact) mass is 253 g/mol. The first kappa shape index (κ1) is 14.3. The maximum absolute atomic E-state index is 3.68. The summed E-state index contributed by atoms with van der Waals surface area (Å²) in [7, 11) is 0. The molecule has 18 heavy (non-hydrogen) atoms. The van der Waals surface area contributed by atoms with Crippen LogP contribution in [0.2, 0.25) is 0 Å². The molecule has 2 aliphatic heterocycles. The normalized spacial score (nSPS) is 29.3. The lowest BCUT2D eigenvalue weighted by molar-refractivity contribution is 0.113. The largest absolute Gasteiger partial charge is 0.313 e. The Hall–Kier alpha value is -0.120. The summed E-state index contributed by atoms with van der Waals surface area (Å²) in [4.78, 5) is 5.40. The third kappa shape index (κ3) is 3.94. The molecule has 106 valence electrons. The van der Waals surface area contributed by atoms with Crippen molar-refractivity contribution >= 4 is 0 Å². The summed E-state index contributed by atoms with van der Waals surface area (Å²) in [5, 5.41) is 3.68. The summed E-state index contributed by atoms with van der Waals surface area (Å²) in [6.45, 7) is 12.3. The molecule has 1 N–H and O–H groups in total.